The van der Waals surface area contributed by atoms with E-state index < -0.39 is 5.91 Å². The Labute approximate surface area is 180 Å². The standard InChI is InChI=1S/C22H24N4O5/c1-5-31-16-8-6-15(7-9-16)17-12-18(25-24-17)22(27)26-23-13-14-10-19(28-2)21(30-4)20(11-14)29-3/h6-13H,5H2,1-4H3,(H,24,25)(H,26,27)/b23-13-. The van der Waals surface area contributed by atoms with E-state index >= 15 is 0 Å². The molecule has 0 unspecified atom stereocenters. The van der Waals surface area contributed by atoms with Gasteiger partial charge in [-0.25, -0.2) is 5.43 Å². The largest absolute Gasteiger partial charge is 0.494 e. The molecule has 0 saturated heterocycles. The Hall–Kier alpha value is -4.01. The Morgan fingerprint density at radius 1 is 1.06 bits per heavy atom. The van der Waals surface area contributed by atoms with E-state index in [1.54, 1.807) is 18.2 Å². The first-order valence-electron chi connectivity index (χ1n) is 9.51. The van der Waals surface area contributed by atoms with E-state index in [1.165, 1.54) is 27.5 Å². The monoisotopic (exact) mass is 424 g/mol. The fraction of sp³-hybridized carbons (Fsp3) is 0.227. The van der Waals surface area contributed by atoms with Crippen LogP contribution in [0.4, 0.5) is 0 Å². The number of nitrogens with zero attached hydrogens (tertiary/aromatic N) is 2. The smallest absolute Gasteiger partial charge is 0.289 e. The molecule has 0 fully saturated rings. The highest BCUT2D eigenvalue weighted by Gasteiger charge is 2.13. The third-order valence-corrected chi connectivity index (χ3v) is 4.35. The molecule has 3 aromatic rings. The minimum atomic E-state index is -0.423. The van der Waals surface area contributed by atoms with E-state index in [-0.39, 0.29) is 5.69 Å². The van der Waals surface area contributed by atoms with Crippen LogP contribution >= 0.6 is 0 Å². The number of carbonyl (C=O) groups excluding carboxylic acids is 1. The van der Waals surface area contributed by atoms with Crippen LogP contribution in [0.5, 0.6) is 23.0 Å². The molecule has 0 spiro atoms. The van der Waals surface area contributed by atoms with Gasteiger partial charge in [-0.1, -0.05) is 0 Å². The molecule has 0 aliphatic heterocycles. The molecule has 0 atom stereocenters. The normalized spacial score (nSPS) is 10.7. The number of amides is 1. The summed E-state index contributed by atoms with van der Waals surface area (Å²) in [6, 6.07) is 12.6. The molecule has 0 aliphatic rings. The molecule has 0 aliphatic carbocycles. The third-order valence-electron chi connectivity index (χ3n) is 4.35. The lowest BCUT2D eigenvalue weighted by Crippen LogP contribution is -2.18. The van der Waals surface area contributed by atoms with Crippen LogP contribution in [0.15, 0.2) is 47.6 Å². The van der Waals surface area contributed by atoms with Gasteiger partial charge < -0.3 is 18.9 Å². The number of hydrazone groups is 1. The summed E-state index contributed by atoms with van der Waals surface area (Å²) in [5.74, 6) is 1.81. The van der Waals surface area contributed by atoms with Crippen molar-refractivity contribution in [2.24, 2.45) is 5.10 Å². The van der Waals surface area contributed by atoms with Crippen molar-refractivity contribution in [2.75, 3.05) is 27.9 Å². The van der Waals surface area contributed by atoms with Gasteiger partial charge >= 0.3 is 0 Å². The summed E-state index contributed by atoms with van der Waals surface area (Å²) in [5, 5.41) is 10.9. The molecule has 0 bridgehead atoms. The molecule has 1 heterocycles. The van der Waals surface area contributed by atoms with Crippen molar-refractivity contribution in [1.29, 1.82) is 0 Å². The van der Waals surface area contributed by atoms with Crippen molar-refractivity contribution >= 4 is 12.1 Å². The first kappa shape index (κ1) is 21.7. The number of rotatable bonds is 9. The molecule has 9 nitrogen and oxygen atoms in total. The second-order valence-electron chi connectivity index (χ2n) is 6.28. The van der Waals surface area contributed by atoms with Gasteiger partial charge in [0.25, 0.3) is 5.91 Å². The molecule has 9 heteroatoms. The highest BCUT2D eigenvalue weighted by Crippen LogP contribution is 2.37. The van der Waals surface area contributed by atoms with E-state index in [0.717, 1.165) is 11.3 Å². The number of aromatic amines is 1. The number of benzene rings is 2. The SMILES string of the molecule is CCOc1ccc(-c2cc(C(=O)N/N=C\c3cc(OC)c(OC)c(OC)c3)[nH]n2)cc1. The summed E-state index contributed by atoms with van der Waals surface area (Å²) in [5.41, 5.74) is 4.91. The van der Waals surface area contributed by atoms with Gasteiger partial charge in [0.2, 0.25) is 5.75 Å². The molecular formula is C22H24N4O5. The number of nitrogens with one attached hydrogen (secondary N) is 2. The number of hydrogen-bond donors (Lipinski definition) is 2. The van der Waals surface area contributed by atoms with Crippen LogP contribution in [0.2, 0.25) is 0 Å². The second-order valence-corrected chi connectivity index (χ2v) is 6.28. The number of carbonyl (C=O) groups is 1. The molecule has 162 valence electrons. The van der Waals surface area contributed by atoms with Gasteiger partial charge in [0.1, 0.15) is 11.4 Å². The van der Waals surface area contributed by atoms with Crippen LogP contribution in [-0.4, -0.2) is 50.3 Å². The minimum absolute atomic E-state index is 0.283. The average molecular weight is 424 g/mol. The topological polar surface area (TPSA) is 107 Å². The van der Waals surface area contributed by atoms with Crippen molar-refractivity contribution in [3.63, 3.8) is 0 Å². The lowest BCUT2D eigenvalue weighted by atomic mass is 10.1. The maximum Gasteiger partial charge on any atom is 0.289 e. The molecule has 0 radical (unpaired) electrons. The van der Waals surface area contributed by atoms with E-state index in [0.29, 0.717) is 35.1 Å². The Morgan fingerprint density at radius 2 is 1.74 bits per heavy atom. The van der Waals surface area contributed by atoms with Crippen LogP contribution in [0.25, 0.3) is 11.3 Å². The Morgan fingerprint density at radius 3 is 2.32 bits per heavy atom. The maximum atomic E-state index is 12.4. The Bertz CT molecular complexity index is 1040. The quantitative estimate of drug-likeness (QED) is 0.403. The number of methoxy groups -OCH3 is 3. The summed E-state index contributed by atoms with van der Waals surface area (Å²) in [7, 11) is 4.58. The highest BCUT2D eigenvalue weighted by atomic mass is 16.5. The first-order chi connectivity index (χ1) is 15.1. The second kappa shape index (κ2) is 10.1. The van der Waals surface area contributed by atoms with E-state index in [4.69, 9.17) is 18.9 Å². The summed E-state index contributed by atoms with van der Waals surface area (Å²) in [6.45, 7) is 2.53. The Kier molecular flexibility index (Phi) is 7.10. The summed E-state index contributed by atoms with van der Waals surface area (Å²) in [6.07, 6.45) is 1.48. The molecular weight excluding hydrogens is 400 g/mol. The lowest BCUT2D eigenvalue weighted by Gasteiger charge is -2.12. The predicted molar refractivity (Wildman–Crippen MR) is 116 cm³/mol. The number of ether oxygens (including phenoxy) is 4. The predicted octanol–water partition coefficient (Wildman–Crippen LogP) is 3.27. The van der Waals surface area contributed by atoms with Crippen LogP contribution in [-0.2, 0) is 0 Å². The number of aromatic nitrogens is 2. The van der Waals surface area contributed by atoms with Crippen molar-refractivity contribution in [3.8, 4) is 34.3 Å². The maximum absolute atomic E-state index is 12.4. The third kappa shape index (κ3) is 5.13. The van der Waals surface area contributed by atoms with Gasteiger partial charge in [0.15, 0.2) is 11.5 Å². The van der Waals surface area contributed by atoms with Crippen LogP contribution in [0.1, 0.15) is 23.0 Å². The van der Waals surface area contributed by atoms with Crippen molar-refractivity contribution < 1.29 is 23.7 Å². The van der Waals surface area contributed by atoms with E-state index in [1.807, 2.05) is 31.2 Å². The van der Waals surface area contributed by atoms with Gasteiger partial charge in [-0.3, -0.25) is 9.89 Å². The highest BCUT2D eigenvalue weighted by molar-refractivity contribution is 5.94. The van der Waals surface area contributed by atoms with Gasteiger partial charge in [0, 0.05) is 11.1 Å². The molecule has 1 amide bonds. The number of H-pyrrole nitrogens is 1. The van der Waals surface area contributed by atoms with E-state index in [9.17, 15) is 4.79 Å². The molecule has 3 rings (SSSR count). The molecule has 2 aromatic carbocycles. The summed E-state index contributed by atoms with van der Waals surface area (Å²) in [4.78, 5) is 12.4. The van der Waals surface area contributed by atoms with Crippen molar-refractivity contribution in [1.82, 2.24) is 15.6 Å². The van der Waals surface area contributed by atoms with Crippen LogP contribution < -0.4 is 24.4 Å². The Balaban J connectivity index is 1.68. The first-order valence-corrected chi connectivity index (χ1v) is 9.51. The van der Waals surface area contributed by atoms with Gasteiger partial charge in [-0.15, -0.1) is 0 Å². The van der Waals surface area contributed by atoms with Gasteiger partial charge in [-0.05, 0) is 49.4 Å². The molecule has 0 saturated carbocycles. The fourth-order valence-corrected chi connectivity index (χ4v) is 2.88. The van der Waals surface area contributed by atoms with Gasteiger partial charge in [-0.2, -0.15) is 10.2 Å². The fourth-order valence-electron chi connectivity index (χ4n) is 2.88. The minimum Gasteiger partial charge on any atom is -0.494 e. The van der Waals surface area contributed by atoms with Crippen molar-refractivity contribution in [2.45, 2.75) is 6.92 Å². The summed E-state index contributed by atoms with van der Waals surface area (Å²) < 4.78 is 21.3. The molecule has 1 aromatic heterocycles. The molecule has 2 N–H and O–H groups in total. The van der Waals surface area contributed by atoms with Gasteiger partial charge in [0.05, 0.1) is 39.8 Å². The zero-order valence-electron chi connectivity index (χ0n) is 17.8. The number of hydrogen-bond acceptors (Lipinski definition) is 7. The summed E-state index contributed by atoms with van der Waals surface area (Å²) >= 11 is 0. The van der Waals surface area contributed by atoms with Crippen LogP contribution in [0.3, 0.4) is 0 Å². The van der Waals surface area contributed by atoms with Crippen LogP contribution in [0, 0.1) is 0 Å². The lowest BCUT2D eigenvalue weighted by molar-refractivity contribution is 0.0950. The average Bonchev–Trinajstić information content (AvgIpc) is 3.29. The van der Waals surface area contributed by atoms with Crippen molar-refractivity contribution in [3.05, 3.63) is 53.7 Å². The zero-order valence-corrected chi connectivity index (χ0v) is 17.8. The molecule has 31 heavy (non-hydrogen) atoms. The zero-order chi connectivity index (χ0) is 22.2. The van der Waals surface area contributed by atoms with E-state index in [2.05, 4.69) is 20.7 Å².